The molecule has 0 atom stereocenters. The lowest BCUT2D eigenvalue weighted by atomic mass is 10.1. The Morgan fingerprint density at radius 1 is 1.29 bits per heavy atom. The lowest BCUT2D eigenvalue weighted by molar-refractivity contribution is -0.137. The summed E-state index contributed by atoms with van der Waals surface area (Å²) in [7, 11) is 0. The number of nitrogens with zero attached hydrogens (tertiary/aromatic N) is 2. The van der Waals surface area contributed by atoms with Crippen molar-refractivity contribution < 1.29 is 13.2 Å². The standard InChI is InChI=1S/C9H6BrF3N4/c10-6-2-1-4(9(11,12)13)3-5(6)7-15-8(14)17-16-7/h1-3H,(H3,14,15,16,17). The van der Waals surface area contributed by atoms with Gasteiger partial charge in [0.2, 0.25) is 5.95 Å². The number of alkyl halides is 3. The molecule has 1 heterocycles. The molecule has 4 nitrogen and oxygen atoms in total. The number of anilines is 1. The van der Waals surface area contributed by atoms with Gasteiger partial charge in [-0.05, 0) is 18.2 Å². The second kappa shape index (κ2) is 4.02. The van der Waals surface area contributed by atoms with Gasteiger partial charge in [0.25, 0.3) is 0 Å². The summed E-state index contributed by atoms with van der Waals surface area (Å²) < 4.78 is 38.1. The number of benzene rings is 1. The van der Waals surface area contributed by atoms with Crippen molar-refractivity contribution in [3.8, 4) is 11.4 Å². The van der Waals surface area contributed by atoms with Gasteiger partial charge in [0.1, 0.15) is 0 Å². The van der Waals surface area contributed by atoms with Crippen LogP contribution in [0.4, 0.5) is 19.1 Å². The van der Waals surface area contributed by atoms with E-state index < -0.39 is 11.7 Å². The molecule has 2 aromatic rings. The molecule has 0 spiro atoms. The van der Waals surface area contributed by atoms with Crippen LogP contribution in [0.3, 0.4) is 0 Å². The fourth-order valence-electron chi connectivity index (χ4n) is 1.28. The molecule has 0 bridgehead atoms. The van der Waals surface area contributed by atoms with Gasteiger partial charge in [-0.3, -0.25) is 5.10 Å². The van der Waals surface area contributed by atoms with Crippen LogP contribution >= 0.6 is 15.9 Å². The maximum atomic E-state index is 12.5. The Labute approximate surface area is 102 Å². The Hall–Kier alpha value is -1.57. The highest BCUT2D eigenvalue weighted by Gasteiger charge is 2.31. The van der Waals surface area contributed by atoms with E-state index in [1.165, 1.54) is 6.07 Å². The molecule has 8 heteroatoms. The number of hydrogen-bond donors (Lipinski definition) is 2. The van der Waals surface area contributed by atoms with Crippen molar-refractivity contribution in [2.75, 3.05) is 5.73 Å². The predicted molar refractivity (Wildman–Crippen MR) is 58.9 cm³/mol. The molecule has 90 valence electrons. The first-order chi connectivity index (χ1) is 7.88. The molecule has 0 aliphatic rings. The molecule has 0 amide bonds. The second-order valence-electron chi connectivity index (χ2n) is 3.23. The zero-order valence-corrected chi connectivity index (χ0v) is 9.80. The average Bonchev–Trinajstić information content (AvgIpc) is 2.63. The third-order valence-electron chi connectivity index (χ3n) is 2.05. The van der Waals surface area contributed by atoms with E-state index in [1.807, 2.05) is 0 Å². The van der Waals surface area contributed by atoms with Crippen LogP contribution in [0, 0.1) is 0 Å². The minimum Gasteiger partial charge on any atom is -0.366 e. The van der Waals surface area contributed by atoms with Gasteiger partial charge < -0.3 is 5.73 Å². The minimum atomic E-state index is -4.40. The molecule has 1 aromatic carbocycles. The van der Waals surface area contributed by atoms with Gasteiger partial charge in [0.15, 0.2) is 5.82 Å². The summed E-state index contributed by atoms with van der Waals surface area (Å²) >= 11 is 3.15. The topological polar surface area (TPSA) is 67.6 Å². The van der Waals surface area contributed by atoms with Crippen molar-refractivity contribution in [3.63, 3.8) is 0 Å². The van der Waals surface area contributed by atoms with Crippen LogP contribution in [0.1, 0.15) is 5.56 Å². The molecule has 17 heavy (non-hydrogen) atoms. The molecule has 0 radical (unpaired) electrons. The predicted octanol–water partition coefficient (Wildman–Crippen LogP) is 2.84. The molecule has 0 unspecified atom stereocenters. The Bertz CT molecular complexity index is 549. The van der Waals surface area contributed by atoms with E-state index in [1.54, 1.807) is 0 Å². The Balaban J connectivity index is 2.54. The number of nitrogens with one attached hydrogen (secondary N) is 1. The first-order valence-electron chi connectivity index (χ1n) is 4.43. The van der Waals surface area contributed by atoms with Crippen molar-refractivity contribution in [2.24, 2.45) is 0 Å². The average molecular weight is 307 g/mol. The van der Waals surface area contributed by atoms with E-state index in [-0.39, 0.29) is 17.3 Å². The van der Waals surface area contributed by atoms with Gasteiger partial charge in [-0.2, -0.15) is 18.2 Å². The number of halogens is 4. The van der Waals surface area contributed by atoms with E-state index >= 15 is 0 Å². The van der Waals surface area contributed by atoms with Crippen molar-refractivity contribution >= 4 is 21.9 Å². The summed E-state index contributed by atoms with van der Waals surface area (Å²) in [6.07, 6.45) is -4.40. The first kappa shape index (κ1) is 11.9. The molecule has 0 aliphatic carbocycles. The van der Waals surface area contributed by atoms with Crippen LogP contribution in [0.2, 0.25) is 0 Å². The second-order valence-corrected chi connectivity index (χ2v) is 4.09. The number of H-pyrrole nitrogens is 1. The third kappa shape index (κ3) is 2.41. The van der Waals surface area contributed by atoms with Crippen LogP contribution in [-0.4, -0.2) is 15.2 Å². The Kier molecular flexibility index (Phi) is 2.82. The van der Waals surface area contributed by atoms with Gasteiger partial charge in [-0.15, -0.1) is 5.10 Å². The summed E-state index contributed by atoms with van der Waals surface area (Å²) in [4.78, 5) is 3.78. The molecule has 0 saturated carbocycles. The largest absolute Gasteiger partial charge is 0.416 e. The number of nitrogens with two attached hydrogens (primary N) is 1. The summed E-state index contributed by atoms with van der Waals surface area (Å²) in [6, 6.07) is 3.26. The zero-order valence-electron chi connectivity index (χ0n) is 8.22. The summed E-state index contributed by atoms with van der Waals surface area (Å²) in [5.41, 5.74) is 4.79. The zero-order chi connectivity index (χ0) is 12.6. The molecule has 1 aromatic heterocycles. The number of aromatic nitrogens is 3. The van der Waals surface area contributed by atoms with E-state index in [2.05, 4.69) is 31.1 Å². The van der Waals surface area contributed by atoms with Gasteiger partial charge in [0.05, 0.1) is 5.56 Å². The quantitative estimate of drug-likeness (QED) is 0.851. The minimum absolute atomic E-state index is 0.0238. The van der Waals surface area contributed by atoms with Crippen molar-refractivity contribution in [3.05, 3.63) is 28.2 Å². The maximum Gasteiger partial charge on any atom is 0.416 e. The van der Waals surface area contributed by atoms with Gasteiger partial charge in [0, 0.05) is 10.0 Å². The normalized spacial score (nSPS) is 11.8. The molecule has 0 aliphatic heterocycles. The monoisotopic (exact) mass is 306 g/mol. The molecular weight excluding hydrogens is 301 g/mol. The van der Waals surface area contributed by atoms with Crippen LogP contribution in [0.15, 0.2) is 22.7 Å². The number of rotatable bonds is 1. The highest BCUT2D eigenvalue weighted by molar-refractivity contribution is 9.10. The first-order valence-corrected chi connectivity index (χ1v) is 5.22. The molecule has 0 fully saturated rings. The van der Waals surface area contributed by atoms with Crippen LogP contribution < -0.4 is 5.73 Å². The smallest absolute Gasteiger partial charge is 0.366 e. The summed E-state index contributed by atoms with van der Waals surface area (Å²) in [5, 5.41) is 6.02. The Morgan fingerprint density at radius 2 is 2.00 bits per heavy atom. The SMILES string of the molecule is Nc1n[nH]c(-c2cc(C(F)(F)F)ccc2Br)n1. The van der Waals surface area contributed by atoms with Gasteiger partial charge in [-0.1, -0.05) is 15.9 Å². The van der Waals surface area contributed by atoms with Crippen LogP contribution in [-0.2, 0) is 6.18 Å². The number of nitrogen functional groups attached to an aromatic ring is 1. The fourth-order valence-corrected chi connectivity index (χ4v) is 1.71. The van der Waals surface area contributed by atoms with Crippen LogP contribution in [0.25, 0.3) is 11.4 Å². The molecule has 0 saturated heterocycles. The van der Waals surface area contributed by atoms with Gasteiger partial charge >= 0.3 is 6.18 Å². The van der Waals surface area contributed by atoms with E-state index in [0.29, 0.717) is 4.47 Å². The number of aromatic amines is 1. The molecular formula is C9H6BrF3N4. The summed E-state index contributed by atoms with van der Waals surface area (Å²) in [5.74, 6) is 0.157. The van der Waals surface area contributed by atoms with Crippen molar-refractivity contribution in [2.45, 2.75) is 6.18 Å². The number of hydrogen-bond acceptors (Lipinski definition) is 3. The van der Waals surface area contributed by atoms with E-state index in [4.69, 9.17) is 5.73 Å². The third-order valence-corrected chi connectivity index (χ3v) is 2.74. The fraction of sp³-hybridized carbons (Fsp3) is 0.111. The highest BCUT2D eigenvalue weighted by Crippen LogP contribution is 2.34. The van der Waals surface area contributed by atoms with Crippen molar-refractivity contribution in [1.29, 1.82) is 0 Å². The summed E-state index contributed by atoms with van der Waals surface area (Å²) in [6.45, 7) is 0. The highest BCUT2D eigenvalue weighted by atomic mass is 79.9. The van der Waals surface area contributed by atoms with E-state index in [0.717, 1.165) is 12.1 Å². The van der Waals surface area contributed by atoms with Crippen molar-refractivity contribution in [1.82, 2.24) is 15.2 Å². The van der Waals surface area contributed by atoms with Crippen LogP contribution in [0.5, 0.6) is 0 Å². The lowest BCUT2D eigenvalue weighted by Gasteiger charge is -2.08. The van der Waals surface area contributed by atoms with Gasteiger partial charge in [-0.25, -0.2) is 0 Å². The maximum absolute atomic E-state index is 12.5. The molecule has 2 rings (SSSR count). The Morgan fingerprint density at radius 3 is 2.53 bits per heavy atom. The molecule has 3 N–H and O–H groups in total. The lowest BCUT2D eigenvalue weighted by Crippen LogP contribution is -2.05. The van der Waals surface area contributed by atoms with E-state index in [9.17, 15) is 13.2 Å².